The summed E-state index contributed by atoms with van der Waals surface area (Å²) in [5, 5.41) is 0. The van der Waals surface area contributed by atoms with Gasteiger partial charge >= 0.3 is 5.97 Å². The summed E-state index contributed by atoms with van der Waals surface area (Å²) in [6.45, 7) is 7.52. The molecule has 1 saturated heterocycles. The summed E-state index contributed by atoms with van der Waals surface area (Å²) in [6.07, 6.45) is 1.67. The minimum atomic E-state index is -0.106. The van der Waals surface area contributed by atoms with Gasteiger partial charge in [-0.15, -0.1) is 0 Å². The molecule has 0 aromatic carbocycles. The Balaban J connectivity index is 2.66. The van der Waals surface area contributed by atoms with Crippen LogP contribution in [0.4, 0.5) is 0 Å². The third-order valence-electron chi connectivity index (χ3n) is 3.24. The highest BCUT2D eigenvalue weighted by molar-refractivity contribution is 5.69. The van der Waals surface area contributed by atoms with Crippen molar-refractivity contribution in [2.75, 3.05) is 33.8 Å². The van der Waals surface area contributed by atoms with Crippen LogP contribution in [0.15, 0.2) is 0 Å². The highest BCUT2D eigenvalue weighted by atomic mass is 16.5. The first-order valence-corrected chi connectivity index (χ1v) is 6.05. The molecule has 0 amide bonds. The Morgan fingerprint density at radius 1 is 1.44 bits per heavy atom. The average molecular weight is 228 g/mol. The molecule has 4 heteroatoms. The minimum Gasteiger partial charge on any atom is -0.469 e. The largest absolute Gasteiger partial charge is 0.469 e. The van der Waals surface area contributed by atoms with Crippen molar-refractivity contribution in [1.29, 1.82) is 0 Å². The molecule has 0 N–H and O–H groups in total. The van der Waals surface area contributed by atoms with Crippen molar-refractivity contribution in [3.8, 4) is 0 Å². The average Bonchev–Trinajstić information content (AvgIpc) is 2.39. The van der Waals surface area contributed by atoms with E-state index >= 15 is 0 Å². The zero-order valence-corrected chi connectivity index (χ0v) is 10.9. The number of carbonyl (C=O) groups is 1. The van der Waals surface area contributed by atoms with Crippen molar-refractivity contribution >= 4 is 5.97 Å². The van der Waals surface area contributed by atoms with E-state index in [1.165, 1.54) is 13.5 Å². The molecule has 4 nitrogen and oxygen atoms in total. The van der Waals surface area contributed by atoms with Crippen LogP contribution in [-0.4, -0.2) is 61.6 Å². The Hall–Kier alpha value is -0.610. The SMILES string of the molecule is COC(=O)CC1CN(C)CCCN1C(C)C. The summed E-state index contributed by atoms with van der Waals surface area (Å²) in [5.74, 6) is -0.106. The van der Waals surface area contributed by atoms with Crippen molar-refractivity contribution < 1.29 is 9.53 Å². The highest BCUT2D eigenvalue weighted by Gasteiger charge is 2.27. The Kier molecular flexibility index (Phi) is 5.22. The quantitative estimate of drug-likeness (QED) is 0.674. The molecule has 1 aliphatic rings. The van der Waals surface area contributed by atoms with E-state index in [4.69, 9.17) is 4.74 Å². The van der Waals surface area contributed by atoms with Gasteiger partial charge < -0.3 is 9.64 Å². The zero-order valence-electron chi connectivity index (χ0n) is 10.9. The first-order chi connectivity index (χ1) is 7.54. The van der Waals surface area contributed by atoms with Crippen molar-refractivity contribution in [2.45, 2.75) is 38.8 Å². The molecule has 0 aromatic rings. The fraction of sp³-hybridized carbons (Fsp3) is 0.917. The third-order valence-corrected chi connectivity index (χ3v) is 3.24. The van der Waals surface area contributed by atoms with Gasteiger partial charge in [-0.3, -0.25) is 9.69 Å². The van der Waals surface area contributed by atoms with Crippen molar-refractivity contribution in [3.05, 3.63) is 0 Å². The summed E-state index contributed by atoms with van der Waals surface area (Å²) < 4.78 is 4.77. The fourth-order valence-corrected chi connectivity index (χ4v) is 2.40. The van der Waals surface area contributed by atoms with Crippen LogP contribution < -0.4 is 0 Å². The lowest BCUT2D eigenvalue weighted by molar-refractivity contribution is -0.142. The first kappa shape index (κ1) is 13.5. The molecule has 1 aliphatic heterocycles. The summed E-state index contributed by atoms with van der Waals surface area (Å²) >= 11 is 0. The third kappa shape index (κ3) is 3.76. The van der Waals surface area contributed by atoms with E-state index in [0.717, 1.165) is 19.6 Å². The lowest BCUT2D eigenvalue weighted by Crippen LogP contribution is -2.45. The molecule has 1 fully saturated rings. The van der Waals surface area contributed by atoms with E-state index in [1.807, 2.05) is 0 Å². The maximum Gasteiger partial charge on any atom is 0.307 e. The van der Waals surface area contributed by atoms with Gasteiger partial charge in [-0.25, -0.2) is 0 Å². The van der Waals surface area contributed by atoms with Gasteiger partial charge in [0.25, 0.3) is 0 Å². The number of rotatable bonds is 3. The van der Waals surface area contributed by atoms with Crippen LogP contribution in [0.25, 0.3) is 0 Å². The maximum atomic E-state index is 11.4. The Morgan fingerprint density at radius 2 is 2.12 bits per heavy atom. The zero-order chi connectivity index (χ0) is 12.1. The lowest BCUT2D eigenvalue weighted by atomic mass is 10.1. The summed E-state index contributed by atoms with van der Waals surface area (Å²) in [7, 11) is 3.58. The molecule has 1 atom stereocenters. The lowest BCUT2D eigenvalue weighted by Gasteiger charge is -2.33. The minimum absolute atomic E-state index is 0.106. The predicted molar refractivity (Wildman–Crippen MR) is 64.4 cm³/mol. The van der Waals surface area contributed by atoms with Crippen LogP contribution in [0.1, 0.15) is 26.7 Å². The maximum absolute atomic E-state index is 11.4. The molecule has 1 heterocycles. The Labute approximate surface area is 98.5 Å². The second kappa shape index (κ2) is 6.21. The Bertz CT molecular complexity index is 231. The van der Waals surface area contributed by atoms with E-state index in [9.17, 15) is 4.79 Å². The van der Waals surface area contributed by atoms with Crippen LogP contribution in [-0.2, 0) is 9.53 Å². The number of ether oxygens (including phenoxy) is 1. The first-order valence-electron chi connectivity index (χ1n) is 6.05. The molecule has 0 aliphatic carbocycles. The van der Waals surface area contributed by atoms with E-state index in [1.54, 1.807) is 0 Å². The van der Waals surface area contributed by atoms with E-state index in [-0.39, 0.29) is 5.97 Å². The second-order valence-electron chi connectivity index (χ2n) is 4.88. The van der Waals surface area contributed by atoms with Crippen LogP contribution >= 0.6 is 0 Å². The predicted octanol–water partition coefficient (Wildman–Crippen LogP) is 0.964. The standard InChI is InChI=1S/C12H24N2O2/c1-10(2)14-7-5-6-13(3)9-11(14)8-12(15)16-4/h10-11H,5-9H2,1-4H3. The van der Waals surface area contributed by atoms with Gasteiger partial charge in [-0.2, -0.15) is 0 Å². The molecule has 94 valence electrons. The van der Waals surface area contributed by atoms with Crippen LogP contribution in [0, 0.1) is 0 Å². The number of nitrogens with zero attached hydrogens (tertiary/aromatic N) is 2. The molecule has 0 bridgehead atoms. The normalized spacial score (nSPS) is 24.4. The van der Waals surface area contributed by atoms with E-state index < -0.39 is 0 Å². The van der Waals surface area contributed by atoms with Gasteiger partial charge in [-0.05, 0) is 40.4 Å². The highest BCUT2D eigenvalue weighted by Crippen LogP contribution is 2.15. The van der Waals surface area contributed by atoms with Gasteiger partial charge in [0.15, 0.2) is 0 Å². The molecule has 0 saturated carbocycles. The number of hydrogen-bond acceptors (Lipinski definition) is 4. The monoisotopic (exact) mass is 228 g/mol. The topological polar surface area (TPSA) is 32.8 Å². The molecule has 0 aromatic heterocycles. The number of hydrogen-bond donors (Lipinski definition) is 0. The molecule has 16 heavy (non-hydrogen) atoms. The number of esters is 1. The van der Waals surface area contributed by atoms with Gasteiger partial charge in [0.1, 0.15) is 0 Å². The summed E-state index contributed by atoms with van der Waals surface area (Å²) in [5.41, 5.74) is 0. The van der Waals surface area contributed by atoms with Crippen LogP contribution in [0.2, 0.25) is 0 Å². The Morgan fingerprint density at radius 3 is 2.69 bits per heavy atom. The van der Waals surface area contributed by atoms with Crippen LogP contribution in [0.3, 0.4) is 0 Å². The van der Waals surface area contributed by atoms with E-state index in [2.05, 4.69) is 30.7 Å². The molecular weight excluding hydrogens is 204 g/mol. The van der Waals surface area contributed by atoms with Gasteiger partial charge in [0.2, 0.25) is 0 Å². The number of likely N-dealkylation sites (N-methyl/N-ethyl adjacent to an activating group) is 1. The molecule has 0 spiro atoms. The summed E-state index contributed by atoms with van der Waals surface area (Å²) in [6, 6.07) is 0.779. The van der Waals surface area contributed by atoms with Crippen molar-refractivity contribution in [2.24, 2.45) is 0 Å². The smallest absolute Gasteiger partial charge is 0.307 e. The van der Waals surface area contributed by atoms with Gasteiger partial charge in [-0.1, -0.05) is 0 Å². The number of methoxy groups -OCH3 is 1. The molecule has 1 unspecified atom stereocenters. The summed E-state index contributed by atoms with van der Waals surface area (Å²) in [4.78, 5) is 16.1. The van der Waals surface area contributed by atoms with Gasteiger partial charge in [0.05, 0.1) is 13.5 Å². The molecule has 1 rings (SSSR count). The van der Waals surface area contributed by atoms with E-state index in [0.29, 0.717) is 18.5 Å². The van der Waals surface area contributed by atoms with Crippen LogP contribution in [0.5, 0.6) is 0 Å². The molecular formula is C12H24N2O2. The van der Waals surface area contributed by atoms with Crippen molar-refractivity contribution in [1.82, 2.24) is 9.80 Å². The number of carbonyl (C=O) groups excluding carboxylic acids is 1. The fourth-order valence-electron chi connectivity index (χ4n) is 2.40. The molecule has 0 radical (unpaired) electrons. The second-order valence-corrected chi connectivity index (χ2v) is 4.88. The van der Waals surface area contributed by atoms with Crippen molar-refractivity contribution in [3.63, 3.8) is 0 Å². The van der Waals surface area contributed by atoms with Gasteiger partial charge in [0, 0.05) is 18.6 Å².